The summed E-state index contributed by atoms with van der Waals surface area (Å²) in [4.78, 5) is 29.7. The first-order chi connectivity index (χ1) is 12.7. The van der Waals surface area contributed by atoms with E-state index in [1.165, 1.54) is 6.92 Å². The first-order valence-corrected chi connectivity index (χ1v) is 8.84. The van der Waals surface area contributed by atoms with Crippen molar-refractivity contribution in [2.75, 3.05) is 6.61 Å². The molecule has 1 fully saturated rings. The summed E-state index contributed by atoms with van der Waals surface area (Å²) < 4.78 is 11.1. The number of nitrogens with zero attached hydrogens (tertiary/aromatic N) is 1. The third-order valence-corrected chi connectivity index (χ3v) is 4.20. The second kappa shape index (κ2) is 6.68. The molecule has 27 heavy (non-hydrogen) atoms. The number of carbonyl (C=O) groups excluding carboxylic acids is 2. The quantitative estimate of drug-likeness (QED) is 0.501. The van der Waals surface area contributed by atoms with Gasteiger partial charge in [0.2, 0.25) is 5.78 Å². The van der Waals surface area contributed by atoms with E-state index in [4.69, 9.17) is 9.47 Å². The Morgan fingerprint density at radius 2 is 1.93 bits per heavy atom. The van der Waals surface area contributed by atoms with Crippen LogP contribution in [0.3, 0.4) is 0 Å². The van der Waals surface area contributed by atoms with Crippen LogP contribution in [-0.4, -0.2) is 40.3 Å². The number of esters is 1. The summed E-state index contributed by atoms with van der Waals surface area (Å²) >= 11 is 0. The van der Waals surface area contributed by atoms with Gasteiger partial charge in [-0.05, 0) is 26.8 Å². The lowest BCUT2D eigenvalue weighted by Gasteiger charge is -2.43. The first kappa shape index (κ1) is 18.9. The summed E-state index contributed by atoms with van der Waals surface area (Å²) in [6, 6.07) is 8.73. The monoisotopic (exact) mass is 369 g/mol. The van der Waals surface area contributed by atoms with Crippen molar-refractivity contribution in [3.8, 4) is 0 Å². The van der Waals surface area contributed by atoms with Gasteiger partial charge in [-0.25, -0.2) is 0 Å². The fourth-order valence-electron chi connectivity index (χ4n) is 3.19. The van der Waals surface area contributed by atoms with Crippen molar-refractivity contribution in [2.24, 2.45) is 4.99 Å². The van der Waals surface area contributed by atoms with Gasteiger partial charge in [-0.2, -0.15) is 0 Å². The second-order valence-electron chi connectivity index (χ2n) is 7.53. The molecule has 1 atom stereocenters. The molecule has 0 bridgehead atoms. The molecule has 1 aromatic carbocycles. The predicted molar refractivity (Wildman–Crippen MR) is 101 cm³/mol. The molecule has 0 aromatic heterocycles. The molecule has 1 unspecified atom stereocenters. The van der Waals surface area contributed by atoms with Crippen LogP contribution >= 0.6 is 0 Å². The lowest BCUT2D eigenvalue weighted by molar-refractivity contribution is -0.158. The Labute approximate surface area is 158 Å². The van der Waals surface area contributed by atoms with Crippen LogP contribution < -0.4 is 0 Å². The van der Waals surface area contributed by atoms with Gasteiger partial charge in [-0.1, -0.05) is 30.3 Å². The zero-order chi connectivity index (χ0) is 19.8. The van der Waals surface area contributed by atoms with Crippen LogP contribution in [0, 0.1) is 0 Å². The average molecular weight is 369 g/mol. The summed E-state index contributed by atoms with van der Waals surface area (Å²) in [5.41, 5.74) is -1.55. The van der Waals surface area contributed by atoms with E-state index in [9.17, 15) is 14.7 Å². The molecule has 6 nitrogen and oxygen atoms in total. The topological polar surface area (TPSA) is 85.2 Å². The van der Waals surface area contributed by atoms with E-state index in [1.54, 1.807) is 30.3 Å². The summed E-state index contributed by atoms with van der Waals surface area (Å²) in [5, 5.41) is 10.8. The molecule has 142 valence electrons. The van der Waals surface area contributed by atoms with E-state index in [0.29, 0.717) is 18.6 Å². The molecule has 0 spiro atoms. The molecule has 6 heteroatoms. The number of benzene rings is 1. The number of Topliss-reactive ketones (excluding diaryl/α,β-unsaturated/α-hetero) is 1. The molecule has 3 rings (SSSR count). The number of hydrogen-bond donors (Lipinski definition) is 1. The summed E-state index contributed by atoms with van der Waals surface area (Å²) in [6.07, 6.45) is 2.34. The van der Waals surface area contributed by atoms with Gasteiger partial charge in [-0.3, -0.25) is 14.6 Å². The van der Waals surface area contributed by atoms with E-state index >= 15 is 0 Å². The SMILES string of the molecule is CC(=O)OC1(C2=CCCO2)C(=O)/C(=C(\O)c2ccccc2)C1=NC(C)(C)C. The Bertz CT molecular complexity index is 874. The van der Waals surface area contributed by atoms with Gasteiger partial charge in [0, 0.05) is 18.9 Å². The highest BCUT2D eigenvalue weighted by atomic mass is 16.6. The van der Waals surface area contributed by atoms with Crippen LogP contribution in [0.5, 0.6) is 0 Å². The molecule has 2 aliphatic rings. The highest BCUT2D eigenvalue weighted by Crippen LogP contribution is 2.45. The molecular formula is C21H23NO5. The lowest BCUT2D eigenvalue weighted by Crippen LogP contribution is -2.64. The third kappa shape index (κ3) is 3.27. The zero-order valence-electron chi connectivity index (χ0n) is 15.9. The molecule has 1 saturated carbocycles. The van der Waals surface area contributed by atoms with Gasteiger partial charge in [0.1, 0.15) is 11.5 Å². The third-order valence-electron chi connectivity index (χ3n) is 4.20. The molecule has 1 aromatic rings. The van der Waals surface area contributed by atoms with Crippen molar-refractivity contribution in [1.29, 1.82) is 0 Å². The minimum absolute atomic E-state index is 0.0498. The Balaban J connectivity index is 2.22. The van der Waals surface area contributed by atoms with Crippen LogP contribution in [0.15, 0.2) is 52.7 Å². The standard InChI is InChI=1S/C21H23NO5/c1-13(23)27-21(15-11-8-12-26-15)18(22-20(2,3)4)16(19(21)25)17(24)14-9-6-5-7-10-14/h5-7,9-11,24H,8,12H2,1-4H3/b17-16-,22-18?. The van der Waals surface area contributed by atoms with Crippen molar-refractivity contribution >= 4 is 23.2 Å². The molecule has 0 radical (unpaired) electrons. The molecule has 0 amide bonds. The number of aliphatic hydroxyl groups excluding tert-OH is 1. The average Bonchev–Trinajstić information content (AvgIpc) is 3.13. The van der Waals surface area contributed by atoms with E-state index in [0.717, 1.165) is 0 Å². The van der Waals surface area contributed by atoms with Crippen LogP contribution in [0.2, 0.25) is 0 Å². The van der Waals surface area contributed by atoms with Crippen molar-refractivity contribution < 1.29 is 24.2 Å². The summed E-state index contributed by atoms with van der Waals surface area (Å²) in [6.45, 7) is 7.23. The molecule has 1 heterocycles. The van der Waals surface area contributed by atoms with Gasteiger partial charge in [0.25, 0.3) is 5.60 Å². The van der Waals surface area contributed by atoms with Crippen molar-refractivity contribution in [2.45, 2.75) is 45.3 Å². The Morgan fingerprint density at radius 1 is 1.26 bits per heavy atom. The number of rotatable bonds is 3. The largest absolute Gasteiger partial charge is 0.506 e. The van der Waals surface area contributed by atoms with Crippen LogP contribution in [0.1, 0.15) is 39.7 Å². The normalized spacial score (nSPS) is 25.6. The van der Waals surface area contributed by atoms with E-state index < -0.39 is 22.9 Å². The van der Waals surface area contributed by atoms with Crippen LogP contribution in [0.4, 0.5) is 0 Å². The molecule has 1 aliphatic carbocycles. The zero-order valence-corrected chi connectivity index (χ0v) is 15.9. The van der Waals surface area contributed by atoms with Gasteiger partial charge in [0.15, 0.2) is 5.76 Å². The maximum Gasteiger partial charge on any atom is 0.304 e. The fourth-order valence-corrected chi connectivity index (χ4v) is 3.19. The number of carbonyl (C=O) groups is 2. The Hall–Kier alpha value is -2.89. The van der Waals surface area contributed by atoms with E-state index in [-0.39, 0.29) is 22.8 Å². The maximum atomic E-state index is 13.2. The summed E-state index contributed by atoms with van der Waals surface area (Å²) in [7, 11) is 0. The molecule has 1 N–H and O–H groups in total. The number of aliphatic imine (C=N–C) groups is 1. The smallest absolute Gasteiger partial charge is 0.304 e. The molecule has 1 aliphatic heterocycles. The van der Waals surface area contributed by atoms with Gasteiger partial charge in [0.05, 0.1) is 17.7 Å². The molecule has 0 saturated heterocycles. The number of hydrogen-bond acceptors (Lipinski definition) is 6. The van der Waals surface area contributed by atoms with E-state index in [2.05, 4.69) is 4.99 Å². The predicted octanol–water partition coefficient (Wildman–Crippen LogP) is 3.38. The van der Waals surface area contributed by atoms with Crippen molar-refractivity contribution in [3.63, 3.8) is 0 Å². The second-order valence-corrected chi connectivity index (χ2v) is 7.53. The number of ketones is 1. The first-order valence-electron chi connectivity index (χ1n) is 8.84. The van der Waals surface area contributed by atoms with Crippen LogP contribution in [-0.2, 0) is 19.1 Å². The lowest BCUT2D eigenvalue weighted by atomic mass is 9.68. The number of ether oxygens (including phenoxy) is 2. The van der Waals surface area contributed by atoms with Gasteiger partial charge in [-0.15, -0.1) is 0 Å². The number of aliphatic hydroxyl groups is 1. The highest BCUT2D eigenvalue weighted by molar-refractivity contribution is 6.50. The van der Waals surface area contributed by atoms with Gasteiger partial charge >= 0.3 is 5.97 Å². The Morgan fingerprint density at radius 3 is 2.44 bits per heavy atom. The van der Waals surface area contributed by atoms with E-state index in [1.807, 2.05) is 26.8 Å². The molecular weight excluding hydrogens is 346 g/mol. The maximum absolute atomic E-state index is 13.2. The van der Waals surface area contributed by atoms with Crippen molar-refractivity contribution in [3.05, 3.63) is 53.3 Å². The van der Waals surface area contributed by atoms with Crippen molar-refractivity contribution in [1.82, 2.24) is 0 Å². The Kier molecular flexibility index (Phi) is 4.68. The van der Waals surface area contributed by atoms with Gasteiger partial charge < -0.3 is 14.6 Å². The minimum Gasteiger partial charge on any atom is -0.506 e. The summed E-state index contributed by atoms with van der Waals surface area (Å²) in [5.74, 6) is -1.09. The highest BCUT2D eigenvalue weighted by Gasteiger charge is 2.65. The minimum atomic E-state index is -1.73. The fraction of sp³-hybridized carbons (Fsp3) is 0.381. The van der Waals surface area contributed by atoms with Crippen LogP contribution in [0.25, 0.3) is 5.76 Å².